The Bertz CT molecular complexity index is 155. The van der Waals surface area contributed by atoms with Crippen LogP contribution in [0, 0.1) is 0 Å². The van der Waals surface area contributed by atoms with E-state index >= 15 is 0 Å². The molecule has 0 rings (SSSR count). The molecule has 0 amide bonds. The van der Waals surface area contributed by atoms with Crippen LogP contribution in [0.2, 0.25) is 0 Å². The van der Waals surface area contributed by atoms with Crippen molar-refractivity contribution in [2.75, 3.05) is 24.6 Å². The topological polar surface area (TPSA) is 0 Å². The second-order valence-corrected chi connectivity index (χ2v) is 13.8. The molecule has 0 saturated carbocycles. The van der Waals surface area contributed by atoms with Crippen molar-refractivity contribution in [1.29, 1.82) is 0 Å². The Morgan fingerprint density at radius 3 is 1.19 bits per heavy atom. The van der Waals surface area contributed by atoms with E-state index in [1.165, 1.54) is 63.2 Å². The fraction of sp³-hybridized carbons (Fsp3) is 1.00. The van der Waals surface area contributed by atoms with Gasteiger partial charge in [-0.05, 0) is 0 Å². The zero-order valence-corrected chi connectivity index (χ0v) is 13.5. The van der Waals surface area contributed by atoms with E-state index in [0.29, 0.717) is 0 Å². The Balaban J connectivity index is 4.61. The first-order valence-corrected chi connectivity index (χ1v) is 11.1. The van der Waals surface area contributed by atoms with Gasteiger partial charge in [-0.15, -0.1) is 0 Å². The summed E-state index contributed by atoms with van der Waals surface area (Å²) in [5.74, 6) is -1.84. The Hall–Kier alpha value is 0.720. The summed E-state index contributed by atoms with van der Waals surface area (Å²) in [6.45, 7) is 9.19. The molecule has 16 heavy (non-hydrogen) atoms. The van der Waals surface area contributed by atoms with Crippen LogP contribution < -0.4 is 0 Å². The van der Waals surface area contributed by atoms with E-state index in [1.807, 2.05) is 0 Å². The molecule has 0 heterocycles. The minimum atomic E-state index is -1.84. The first kappa shape index (κ1) is 16.7. The summed E-state index contributed by atoms with van der Waals surface area (Å²) in [6, 6.07) is 0. The van der Waals surface area contributed by atoms with Crippen LogP contribution >= 0.6 is 17.2 Å². The van der Waals surface area contributed by atoms with E-state index in [0.717, 1.165) is 0 Å². The zero-order chi connectivity index (χ0) is 12.5. The Kier molecular flexibility index (Phi) is 8.29. The third-order valence-corrected chi connectivity index (χ3v) is 12.1. The molecular weight excluding hydrogens is 235 g/mol. The molecule has 0 aliphatic heterocycles. The summed E-state index contributed by atoms with van der Waals surface area (Å²) in [4.78, 5) is 0. The van der Waals surface area contributed by atoms with Gasteiger partial charge in [-0.25, -0.2) is 0 Å². The predicted molar refractivity (Wildman–Crippen MR) is 82.6 cm³/mol. The van der Waals surface area contributed by atoms with E-state index in [1.54, 1.807) is 0 Å². The number of halogens is 1. The van der Waals surface area contributed by atoms with Crippen molar-refractivity contribution in [2.24, 2.45) is 0 Å². The molecule has 0 unspecified atom stereocenters. The predicted octanol–water partition coefficient (Wildman–Crippen LogP) is 6.11. The van der Waals surface area contributed by atoms with E-state index in [4.69, 9.17) is 11.2 Å². The van der Waals surface area contributed by atoms with Crippen LogP contribution in [0.4, 0.5) is 0 Å². The van der Waals surface area contributed by atoms with Gasteiger partial charge in [-0.2, -0.15) is 0 Å². The van der Waals surface area contributed by atoms with Crippen LogP contribution in [0.5, 0.6) is 0 Å². The van der Waals surface area contributed by atoms with Crippen LogP contribution in [0.1, 0.15) is 66.2 Å². The first-order valence-electron chi connectivity index (χ1n) is 7.26. The van der Waals surface area contributed by atoms with Crippen LogP contribution in [-0.2, 0) is 0 Å². The Morgan fingerprint density at radius 2 is 1.00 bits per heavy atom. The molecule has 0 radical (unpaired) electrons. The van der Waals surface area contributed by atoms with E-state index in [-0.39, 0.29) is 0 Å². The summed E-state index contributed by atoms with van der Waals surface area (Å²) >= 11 is 7.25. The fourth-order valence-corrected chi connectivity index (χ4v) is 8.48. The first-order chi connectivity index (χ1) is 7.54. The third-order valence-electron chi connectivity index (χ3n) is 4.00. The summed E-state index contributed by atoms with van der Waals surface area (Å²) in [6.07, 6.45) is 13.1. The molecule has 0 aromatic carbocycles. The molecule has 0 aliphatic rings. The number of hydrogen-bond donors (Lipinski definition) is 0. The summed E-state index contributed by atoms with van der Waals surface area (Å²) in [7, 11) is 0. The van der Waals surface area contributed by atoms with Gasteiger partial charge in [0.15, 0.2) is 0 Å². The van der Waals surface area contributed by atoms with Crippen LogP contribution in [0.25, 0.3) is 0 Å². The van der Waals surface area contributed by atoms with Crippen molar-refractivity contribution < 1.29 is 0 Å². The monoisotopic (exact) mass is 266 g/mol. The molecule has 0 aliphatic carbocycles. The van der Waals surface area contributed by atoms with Gasteiger partial charge in [0.1, 0.15) is 0 Å². The second kappa shape index (κ2) is 7.93. The molecular formula is C14H32ClP. The van der Waals surface area contributed by atoms with Gasteiger partial charge < -0.3 is 0 Å². The van der Waals surface area contributed by atoms with Gasteiger partial charge in [0, 0.05) is 0 Å². The number of unbranched alkanes of at least 4 members (excludes halogenated alkanes) is 3. The second-order valence-electron chi connectivity index (χ2n) is 5.37. The van der Waals surface area contributed by atoms with Crippen molar-refractivity contribution in [2.45, 2.75) is 66.2 Å². The van der Waals surface area contributed by atoms with E-state index in [9.17, 15) is 0 Å². The third kappa shape index (κ3) is 5.37. The van der Waals surface area contributed by atoms with Crippen molar-refractivity contribution in [3.8, 4) is 0 Å². The van der Waals surface area contributed by atoms with Crippen LogP contribution in [0.15, 0.2) is 0 Å². The van der Waals surface area contributed by atoms with E-state index < -0.39 is 5.96 Å². The van der Waals surface area contributed by atoms with Crippen LogP contribution in [0.3, 0.4) is 0 Å². The van der Waals surface area contributed by atoms with E-state index in [2.05, 4.69) is 27.7 Å². The normalized spacial score (nSPS) is 14.7. The summed E-state index contributed by atoms with van der Waals surface area (Å²) in [5.41, 5.74) is 0. The molecule has 2 heteroatoms. The summed E-state index contributed by atoms with van der Waals surface area (Å²) < 4.78 is 0. The van der Waals surface area contributed by atoms with Crippen molar-refractivity contribution in [1.82, 2.24) is 0 Å². The molecule has 0 N–H and O–H groups in total. The Labute approximate surface area is 108 Å². The molecule has 0 bridgehead atoms. The molecule has 100 valence electrons. The van der Waals surface area contributed by atoms with Crippen LogP contribution in [-0.4, -0.2) is 24.6 Å². The van der Waals surface area contributed by atoms with Gasteiger partial charge >= 0.3 is 108 Å². The summed E-state index contributed by atoms with van der Waals surface area (Å²) in [5, 5.41) is 0. The van der Waals surface area contributed by atoms with Gasteiger partial charge in [0.2, 0.25) is 0 Å². The number of rotatable bonds is 10. The average molecular weight is 267 g/mol. The van der Waals surface area contributed by atoms with Gasteiger partial charge in [0.05, 0.1) is 0 Å². The zero-order valence-electron chi connectivity index (χ0n) is 11.9. The molecule has 0 atom stereocenters. The number of hydrogen-bond acceptors (Lipinski definition) is 0. The van der Waals surface area contributed by atoms with Crippen molar-refractivity contribution >= 4 is 17.2 Å². The standard InChI is InChI=1S/C14H32ClP/c1-5-9-12-16(15,8-4,13-10-6-2)14-11-7-3/h5-14H2,1-4H3. The molecule has 0 saturated heterocycles. The SMILES string of the molecule is CCCCP(Cl)(CC)(CCCC)CCCC. The molecule has 0 spiro atoms. The Morgan fingerprint density at radius 1 is 0.688 bits per heavy atom. The van der Waals surface area contributed by atoms with Crippen molar-refractivity contribution in [3.05, 3.63) is 0 Å². The van der Waals surface area contributed by atoms with Gasteiger partial charge in [-0.3, -0.25) is 0 Å². The maximum absolute atomic E-state index is 7.25. The quantitative estimate of drug-likeness (QED) is 0.418. The van der Waals surface area contributed by atoms with Gasteiger partial charge in [-0.1, -0.05) is 0 Å². The minimum absolute atomic E-state index is 1.26. The van der Waals surface area contributed by atoms with Crippen molar-refractivity contribution in [3.63, 3.8) is 0 Å². The average Bonchev–Trinajstić information content (AvgIpc) is 2.32. The molecule has 0 aromatic rings. The fourth-order valence-electron chi connectivity index (χ4n) is 2.47. The maximum atomic E-state index is 7.25. The molecule has 0 fully saturated rings. The van der Waals surface area contributed by atoms with Gasteiger partial charge in [0.25, 0.3) is 0 Å². The molecule has 0 aromatic heterocycles. The molecule has 0 nitrogen and oxygen atoms in total.